The summed E-state index contributed by atoms with van der Waals surface area (Å²) in [5, 5.41) is 3.28. The molecule has 7 rings (SSSR count). The molecule has 3 saturated heterocycles. The number of benzene rings is 1. The van der Waals surface area contributed by atoms with E-state index < -0.39 is 23.6 Å². The van der Waals surface area contributed by atoms with E-state index in [-0.39, 0.29) is 36.3 Å². The molecule has 0 radical (unpaired) electrons. The van der Waals surface area contributed by atoms with E-state index >= 15 is 4.39 Å². The van der Waals surface area contributed by atoms with E-state index in [1.165, 1.54) is 6.08 Å². The Hall–Kier alpha value is -4.21. The number of fused-ring (bicyclic) bond motifs is 3. The Labute approximate surface area is 257 Å². The number of piperazine rings is 1. The van der Waals surface area contributed by atoms with Crippen LogP contribution in [0.15, 0.2) is 48.5 Å². The number of amides is 1. The number of hydrogen-bond acceptors (Lipinski definition) is 8. The molecule has 6 heterocycles. The third-order valence-corrected chi connectivity index (χ3v) is 10.0. The Morgan fingerprint density at radius 3 is 2.95 bits per heavy atom. The summed E-state index contributed by atoms with van der Waals surface area (Å²) < 4.78 is 38.2. The van der Waals surface area contributed by atoms with Crippen LogP contribution in [-0.2, 0) is 4.79 Å². The number of halogens is 2. The Morgan fingerprint density at radius 2 is 2.11 bits per heavy atom. The molecule has 1 aromatic carbocycles. The van der Waals surface area contributed by atoms with Gasteiger partial charge in [0.05, 0.1) is 10.9 Å². The molecule has 3 fully saturated rings. The van der Waals surface area contributed by atoms with Gasteiger partial charge < -0.3 is 19.4 Å². The minimum absolute atomic E-state index is 0.00662. The molecule has 0 bridgehead atoms. The molecule has 3 aliphatic heterocycles. The van der Waals surface area contributed by atoms with Gasteiger partial charge in [0.25, 0.3) is 0 Å². The molecule has 9 nitrogen and oxygen atoms in total. The van der Waals surface area contributed by atoms with Gasteiger partial charge in [-0.15, -0.1) is 11.3 Å². The van der Waals surface area contributed by atoms with Gasteiger partial charge in [0.1, 0.15) is 35.8 Å². The fourth-order valence-electron chi connectivity index (χ4n) is 7.08. The van der Waals surface area contributed by atoms with Crippen molar-refractivity contribution in [2.24, 2.45) is 0 Å². The molecule has 44 heavy (non-hydrogen) atoms. The highest BCUT2D eigenvalue weighted by atomic mass is 32.1. The van der Waals surface area contributed by atoms with Crippen LogP contribution < -0.4 is 9.64 Å². The quantitative estimate of drug-likeness (QED) is 0.211. The average Bonchev–Trinajstić information content (AvgIpc) is 3.74. The lowest BCUT2D eigenvalue weighted by atomic mass is 9.95. The SMILES string of the molecule is [C-]#[N+]C[C@H]1CN(c2nc(OCC34CCCN3C[C@H](F)C4)nc3c(F)c(-c4cccc5sccc45)ncc23)CCN1C(=O)C=C. The third-order valence-electron chi connectivity index (χ3n) is 9.17. The monoisotopic (exact) mass is 615 g/mol. The van der Waals surface area contributed by atoms with E-state index in [0.717, 1.165) is 29.5 Å². The highest BCUT2D eigenvalue weighted by molar-refractivity contribution is 7.17. The fourth-order valence-corrected chi connectivity index (χ4v) is 7.89. The van der Waals surface area contributed by atoms with Gasteiger partial charge in [0, 0.05) is 54.4 Å². The number of anilines is 1. The van der Waals surface area contributed by atoms with Crippen molar-refractivity contribution < 1.29 is 18.3 Å². The van der Waals surface area contributed by atoms with Crippen molar-refractivity contribution in [1.82, 2.24) is 24.8 Å². The lowest BCUT2D eigenvalue weighted by Crippen LogP contribution is -2.56. The van der Waals surface area contributed by atoms with Gasteiger partial charge in [-0.3, -0.25) is 14.7 Å². The van der Waals surface area contributed by atoms with Crippen molar-refractivity contribution in [2.45, 2.75) is 37.0 Å². The van der Waals surface area contributed by atoms with Gasteiger partial charge in [-0.2, -0.15) is 9.97 Å². The Bertz CT molecular complexity index is 1810. The van der Waals surface area contributed by atoms with E-state index in [1.54, 1.807) is 22.4 Å². The maximum absolute atomic E-state index is 16.5. The summed E-state index contributed by atoms with van der Waals surface area (Å²) >= 11 is 1.57. The zero-order chi connectivity index (χ0) is 30.4. The summed E-state index contributed by atoms with van der Waals surface area (Å²) in [4.78, 5) is 35.7. The summed E-state index contributed by atoms with van der Waals surface area (Å²) in [6.07, 6.45) is 4.10. The number of alkyl halides is 1. The number of aromatic nitrogens is 3. The summed E-state index contributed by atoms with van der Waals surface area (Å²) in [5.41, 5.74) is 0.497. The zero-order valence-corrected chi connectivity index (χ0v) is 24.9. The van der Waals surface area contributed by atoms with Crippen LogP contribution in [-0.4, -0.2) is 94.3 Å². The van der Waals surface area contributed by atoms with Gasteiger partial charge in [-0.25, -0.2) is 15.4 Å². The van der Waals surface area contributed by atoms with Crippen LogP contribution in [0.4, 0.5) is 14.6 Å². The maximum Gasteiger partial charge on any atom is 0.319 e. The Morgan fingerprint density at radius 1 is 1.23 bits per heavy atom. The second-order valence-electron chi connectivity index (χ2n) is 11.7. The lowest BCUT2D eigenvalue weighted by molar-refractivity contribution is -0.128. The van der Waals surface area contributed by atoms with Crippen LogP contribution in [0.5, 0.6) is 6.01 Å². The van der Waals surface area contributed by atoms with Crippen LogP contribution >= 0.6 is 11.3 Å². The zero-order valence-electron chi connectivity index (χ0n) is 24.1. The minimum atomic E-state index is -0.910. The molecule has 1 unspecified atom stereocenters. The van der Waals surface area contributed by atoms with Crippen LogP contribution in [0.2, 0.25) is 0 Å². The van der Waals surface area contributed by atoms with E-state index in [2.05, 4.69) is 26.3 Å². The summed E-state index contributed by atoms with van der Waals surface area (Å²) in [5.74, 6) is -0.399. The number of carbonyl (C=O) groups excluding carboxylic acids is 1. The smallest absolute Gasteiger partial charge is 0.319 e. The number of hydrogen-bond donors (Lipinski definition) is 0. The fraction of sp³-hybridized carbons (Fsp3) is 0.406. The van der Waals surface area contributed by atoms with Crippen molar-refractivity contribution in [2.75, 3.05) is 50.8 Å². The van der Waals surface area contributed by atoms with Crippen molar-refractivity contribution in [1.29, 1.82) is 0 Å². The summed E-state index contributed by atoms with van der Waals surface area (Å²) in [6, 6.07) is 7.27. The normalized spacial score (nSPS) is 23.7. The first-order valence-electron chi connectivity index (χ1n) is 14.8. The Kier molecular flexibility index (Phi) is 7.38. The predicted octanol–water partition coefficient (Wildman–Crippen LogP) is 5.12. The highest BCUT2D eigenvalue weighted by Gasteiger charge is 2.49. The topological polar surface area (TPSA) is 79.1 Å². The highest BCUT2D eigenvalue weighted by Crippen LogP contribution is 2.41. The van der Waals surface area contributed by atoms with Crippen molar-refractivity contribution in [3.8, 4) is 17.3 Å². The van der Waals surface area contributed by atoms with Crippen molar-refractivity contribution >= 4 is 44.1 Å². The van der Waals surface area contributed by atoms with Crippen molar-refractivity contribution in [3.63, 3.8) is 0 Å². The van der Waals surface area contributed by atoms with E-state index in [4.69, 9.17) is 16.3 Å². The minimum Gasteiger partial charge on any atom is -0.461 e. The standard InChI is InChI=1S/C32H31F2N7O2S/c1-3-26(42)41-12-11-39(18-21(41)15-35-2)30-24-16-36-28(23-6-4-7-25-22(23)8-13-44-25)27(34)29(24)37-31(38-30)43-19-32-9-5-10-40(32)17-20(33)14-32/h3-4,6-8,13,16,20-21H,1,5,9-12,14-15,17-19H2/t20-,21+,32?/m1/s1. The molecule has 4 aromatic rings. The molecule has 0 aliphatic carbocycles. The molecule has 3 aromatic heterocycles. The first-order valence-corrected chi connectivity index (χ1v) is 15.6. The molecule has 0 saturated carbocycles. The Balaban J connectivity index is 1.31. The molecular formula is C32H31F2N7O2S. The number of carbonyl (C=O) groups is 1. The van der Waals surface area contributed by atoms with Gasteiger partial charge in [-0.1, -0.05) is 18.7 Å². The van der Waals surface area contributed by atoms with Gasteiger partial charge in [0.15, 0.2) is 5.82 Å². The van der Waals surface area contributed by atoms with Crippen LogP contribution in [0.25, 0.3) is 37.1 Å². The second kappa shape index (κ2) is 11.4. The second-order valence-corrected chi connectivity index (χ2v) is 12.6. The summed E-state index contributed by atoms with van der Waals surface area (Å²) in [7, 11) is 0. The van der Waals surface area contributed by atoms with Crippen LogP contribution in [0.1, 0.15) is 19.3 Å². The first kappa shape index (κ1) is 28.6. The largest absolute Gasteiger partial charge is 0.461 e. The molecule has 226 valence electrons. The van der Waals surface area contributed by atoms with Crippen LogP contribution in [0, 0.1) is 12.4 Å². The van der Waals surface area contributed by atoms with Gasteiger partial charge >= 0.3 is 6.01 Å². The third kappa shape index (κ3) is 4.84. The molecule has 0 N–H and O–H groups in total. The maximum atomic E-state index is 16.5. The lowest BCUT2D eigenvalue weighted by Gasteiger charge is -2.39. The van der Waals surface area contributed by atoms with E-state index in [1.807, 2.05) is 34.5 Å². The molecular weight excluding hydrogens is 584 g/mol. The van der Waals surface area contributed by atoms with Crippen LogP contribution in [0.3, 0.4) is 0 Å². The van der Waals surface area contributed by atoms with Gasteiger partial charge in [0.2, 0.25) is 12.5 Å². The van der Waals surface area contributed by atoms with E-state index in [9.17, 15) is 9.18 Å². The number of rotatable bonds is 7. The first-order chi connectivity index (χ1) is 21.4. The molecule has 12 heteroatoms. The molecule has 0 spiro atoms. The number of nitrogens with zero attached hydrogens (tertiary/aromatic N) is 7. The average molecular weight is 616 g/mol. The van der Waals surface area contributed by atoms with E-state index in [0.29, 0.717) is 49.4 Å². The number of ether oxygens (including phenoxy) is 1. The number of thiophene rings is 1. The molecule has 3 aliphatic rings. The van der Waals surface area contributed by atoms with Gasteiger partial charge in [-0.05, 0) is 43.0 Å². The van der Waals surface area contributed by atoms with Crippen molar-refractivity contribution in [3.05, 3.63) is 65.7 Å². The predicted molar refractivity (Wildman–Crippen MR) is 166 cm³/mol. The number of pyridine rings is 1. The molecule has 1 amide bonds. The summed E-state index contributed by atoms with van der Waals surface area (Å²) in [6.45, 7) is 13.6. The molecule has 3 atom stereocenters.